The van der Waals surface area contributed by atoms with Crippen molar-refractivity contribution in [3.8, 4) is 6.07 Å². The van der Waals surface area contributed by atoms with Crippen molar-refractivity contribution in [2.45, 2.75) is 0 Å². The van der Waals surface area contributed by atoms with Crippen LogP contribution in [0, 0.1) is 14.9 Å². The van der Waals surface area contributed by atoms with Crippen LogP contribution >= 0.6 is 45.5 Å². The molecule has 0 atom stereocenters. The highest BCUT2D eigenvalue weighted by molar-refractivity contribution is 14.1. The van der Waals surface area contributed by atoms with Gasteiger partial charge in [0.2, 0.25) is 0 Å². The molecule has 0 spiro atoms. The van der Waals surface area contributed by atoms with Crippen LogP contribution in [0.1, 0.15) is 5.56 Å². The van der Waals surface area contributed by atoms with E-state index in [1.54, 1.807) is 11.3 Å². The first kappa shape index (κ1) is 9.25. The Hall–Kier alpha value is -0.310. The van der Waals surface area contributed by atoms with E-state index < -0.39 is 0 Å². The number of rotatable bonds is 0. The molecular weight excluding hydrogens is 317 g/mol. The van der Waals surface area contributed by atoms with E-state index in [1.807, 2.05) is 12.1 Å². The maximum atomic E-state index is 8.75. The molecule has 0 amide bonds. The molecular formula is C9H3ClINS. The predicted octanol–water partition coefficient (Wildman–Crippen LogP) is 4.03. The average Bonchev–Trinajstić information content (AvgIpc) is 2.47. The van der Waals surface area contributed by atoms with Crippen molar-refractivity contribution in [2.75, 3.05) is 0 Å². The van der Waals surface area contributed by atoms with Crippen LogP contribution in [-0.4, -0.2) is 0 Å². The zero-order valence-corrected chi connectivity index (χ0v) is 10.1. The lowest BCUT2D eigenvalue weighted by Crippen LogP contribution is -1.76. The molecule has 0 aliphatic heterocycles. The van der Waals surface area contributed by atoms with Gasteiger partial charge in [0.25, 0.3) is 0 Å². The van der Waals surface area contributed by atoms with Crippen LogP contribution in [0.2, 0.25) is 5.02 Å². The molecule has 1 aromatic heterocycles. The number of fused-ring (bicyclic) bond motifs is 1. The summed E-state index contributed by atoms with van der Waals surface area (Å²) in [7, 11) is 0. The summed E-state index contributed by atoms with van der Waals surface area (Å²) < 4.78 is 2.30. The molecule has 0 aliphatic carbocycles. The van der Waals surface area contributed by atoms with Gasteiger partial charge in [-0.15, -0.1) is 11.3 Å². The lowest BCUT2D eigenvalue weighted by Gasteiger charge is -1.95. The van der Waals surface area contributed by atoms with Crippen molar-refractivity contribution in [2.24, 2.45) is 0 Å². The Morgan fingerprint density at radius 1 is 1.46 bits per heavy atom. The standard InChI is InChI=1S/C9H3ClINS/c10-7-2-6-8(11)4-13-9(6)1-5(7)3-12/h1-2,4H. The van der Waals surface area contributed by atoms with Crippen molar-refractivity contribution in [3.63, 3.8) is 0 Å². The Morgan fingerprint density at radius 3 is 2.92 bits per heavy atom. The Labute approximate surface area is 98.1 Å². The van der Waals surface area contributed by atoms with Crippen molar-refractivity contribution in [1.29, 1.82) is 5.26 Å². The number of hydrogen-bond acceptors (Lipinski definition) is 2. The molecule has 0 saturated carbocycles. The third-order valence-electron chi connectivity index (χ3n) is 1.74. The Kier molecular flexibility index (Phi) is 2.45. The molecule has 64 valence electrons. The van der Waals surface area contributed by atoms with Crippen LogP contribution in [0.25, 0.3) is 10.1 Å². The van der Waals surface area contributed by atoms with Gasteiger partial charge in [-0.05, 0) is 34.7 Å². The number of halogens is 2. The van der Waals surface area contributed by atoms with Crippen molar-refractivity contribution >= 4 is 55.6 Å². The highest BCUT2D eigenvalue weighted by Crippen LogP contribution is 2.31. The van der Waals surface area contributed by atoms with Crippen LogP contribution in [0.4, 0.5) is 0 Å². The fourth-order valence-corrected chi connectivity index (χ4v) is 3.16. The predicted molar refractivity (Wildman–Crippen MR) is 64.3 cm³/mol. The highest BCUT2D eigenvalue weighted by Gasteiger charge is 2.06. The first-order valence-electron chi connectivity index (χ1n) is 3.48. The summed E-state index contributed by atoms with van der Waals surface area (Å²) in [6.07, 6.45) is 0. The molecule has 2 aromatic rings. The van der Waals surface area contributed by atoms with Gasteiger partial charge in [0.1, 0.15) is 6.07 Å². The molecule has 4 heteroatoms. The maximum Gasteiger partial charge on any atom is 0.101 e. The molecule has 1 heterocycles. The third kappa shape index (κ3) is 1.54. The van der Waals surface area contributed by atoms with Gasteiger partial charge in [-0.25, -0.2) is 0 Å². The van der Waals surface area contributed by atoms with E-state index in [-0.39, 0.29) is 0 Å². The molecule has 0 saturated heterocycles. The van der Waals surface area contributed by atoms with Crippen molar-refractivity contribution < 1.29 is 0 Å². The van der Waals surface area contributed by atoms with E-state index in [0.717, 1.165) is 10.1 Å². The average molecular weight is 320 g/mol. The molecule has 2 rings (SSSR count). The summed E-state index contributed by atoms with van der Waals surface area (Å²) in [6.45, 7) is 0. The summed E-state index contributed by atoms with van der Waals surface area (Å²) in [5, 5.41) is 12.5. The van der Waals surface area contributed by atoms with Crippen molar-refractivity contribution in [3.05, 3.63) is 31.7 Å². The monoisotopic (exact) mass is 319 g/mol. The van der Waals surface area contributed by atoms with Gasteiger partial charge in [0.05, 0.1) is 10.6 Å². The Morgan fingerprint density at radius 2 is 2.23 bits per heavy atom. The topological polar surface area (TPSA) is 23.8 Å². The van der Waals surface area contributed by atoms with E-state index in [9.17, 15) is 0 Å². The largest absolute Gasteiger partial charge is 0.192 e. The summed E-state index contributed by atoms with van der Waals surface area (Å²) in [4.78, 5) is 0. The number of thiophene rings is 1. The van der Waals surface area contributed by atoms with Gasteiger partial charge in [0.15, 0.2) is 0 Å². The van der Waals surface area contributed by atoms with Gasteiger partial charge in [-0.2, -0.15) is 5.26 Å². The van der Waals surface area contributed by atoms with Crippen LogP contribution in [-0.2, 0) is 0 Å². The minimum absolute atomic E-state index is 0.534. The normalized spacial score (nSPS) is 10.2. The first-order valence-corrected chi connectivity index (χ1v) is 5.82. The summed E-state index contributed by atoms with van der Waals surface area (Å²) >= 11 is 9.81. The molecule has 13 heavy (non-hydrogen) atoms. The Bertz CT molecular complexity index is 512. The third-order valence-corrected chi connectivity index (χ3v) is 4.31. The summed E-state index contributed by atoms with van der Waals surface area (Å²) in [6, 6.07) is 5.76. The molecule has 1 nitrogen and oxygen atoms in total. The fraction of sp³-hybridized carbons (Fsp3) is 0. The Balaban J connectivity index is 2.85. The van der Waals surface area contributed by atoms with Crippen LogP contribution in [0.15, 0.2) is 17.5 Å². The van der Waals surface area contributed by atoms with Gasteiger partial charge >= 0.3 is 0 Å². The van der Waals surface area contributed by atoms with Crippen LogP contribution in [0.5, 0.6) is 0 Å². The number of nitrogens with zero attached hydrogens (tertiary/aromatic N) is 1. The molecule has 0 radical (unpaired) electrons. The van der Waals surface area contributed by atoms with Crippen LogP contribution in [0.3, 0.4) is 0 Å². The lowest BCUT2D eigenvalue weighted by molar-refractivity contribution is 1.50. The van der Waals surface area contributed by atoms with Crippen LogP contribution < -0.4 is 0 Å². The first-order chi connectivity index (χ1) is 6.22. The zero-order valence-electron chi connectivity index (χ0n) is 6.34. The van der Waals surface area contributed by atoms with E-state index >= 15 is 0 Å². The minimum atomic E-state index is 0.534. The van der Waals surface area contributed by atoms with Gasteiger partial charge in [-0.1, -0.05) is 11.6 Å². The molecule has 0 bridgehead atoms. The molecule has 1 aromatic carbocycles. The number of benzene rings is 1. The molecule has 0 N–H and O–H groups in total. The fourth-order valence-electron chi connectivity index (χ4n) is 1.10. The van der Waals surface area contributed by atoms with Gasteiger partial charge in [-0.3, -0.25) is 0 Å². The molecule has 0 fully saturated rings. The SMILES string of the molecule is N#Cc1cc2scc(I)c2cc1Cl. The maximum absolute atomic E-state index is 8.75. The van der Waals surface area contributed by atoms with E-state index in [1.165, 1.54) is 3.57 Å². The van der Waals surface area contributed by atoms with E-state index in [4.69, 9.17) is 16.9 Å². The second-order valence-electron chi connectivity index (χ2n) is 2.52. The van der Waals surface area contributed by atoms with Gasteiger partial charge < -0.3 is 0 Å². The number of hydrogen-bond donors (Lipinski definition) is 0. The lowest BCUT2D eigenvalue weighted by atomic mass is 10.2. The van der Waals surface area contributed by atoms with E-state index in [2.05, 4.69) is 34.0 Å². The second kappa shape index (κ2) is 3.45. The van der Waals surface area contributed by atoms with Gasteiger partial charge in [0, 0.05) is 19.0 Å². The summed E-state index contributed by atoms with van der Waals surface area (Å²) in [5.41, 5.74) is 0.549. The summed E-state index contributed by atoms with van der Waals surface area (Å²) in [5.74, 6) is 0. The minimum Gasteiger partial charge on any atom is -0.192 e. The quantitative estimate of drug-likeness (QED) is 0.673. The molecule has 0 aliphatic rings. The molecule has 0 unspecified atom stereocenters. The highest BCUT2D eigenvalue weighted by atomic mass is 127. The van der Waals surface area contributed by atoms with E-state index in [0.29, 0.717) is 10.6 Å². The van der Waals surface area contributed by atoms with Crippen molar-refractivity contribution in [1.82, 2.24) is 0 Å². The number of nitriles is 1. The zero-order chi connectivity index (χ0) is 9.42. The second-order valence-corrected chi connectivity index (χ2v) is 5.00. The smallest absolute Gasteiger partial charge is 0.101 e.